The van der Waals surface area contributed by atoms with E-state index in [1.165, 1.54) is 0 Å². The minimum absolute atomic E-state index is 0.220. The molecular formula is C21H30O6. The number of aryl methyl sites for hydroxylation is 1. The van der Waals surface area contributed by atoms with Crippen LogP contribution in [0, 0.1) is 0 Å². The van der Waals surface area contributed by atoms with Gasteiger partial charge in [-0.1, -0.05) is 0 Å². The average molecular weight is 378 g/mol. The van der Waals surface area contributed by atoms with E-state index in [4.69, 9.17) is 18.9 Å². The summed E-state index contributed by atoms with van der Waals surface area (Å²) in [5.74, 6) is 0.724. The maximum atomic E-state index is 11.8. The molecule has 0 radical (unpaired) electrons. The smallest absolute Gasteiger partial charge is 0.308 e. The van der Waals surface area contributed by atoms with Crippen molar-refractivity contribution in [1.82, 2.24) is 0 Å². The van der Waals surface area contributed by atoms with Crippen LogP contribution in [0.15, 0.2) is 18.2 Å². The molecule has 27 heavy (non-hydrogen) atoms. The van der Waals surface area contributed by atoms with Gasteiger partial charge in [-0.05, 0) is 57.4 Å². The zero-order chi connectivity index (χ0) is 19.7. The Balaban J connectivity index is 1.50. The van der Waals surface area contributed by atoms with Gasteiger partial charge >= 0.3 is 5.97 Å². The van der Waals surface area contributed by atoms with E-state index in [0.717, 1.165) is 29.7 Å². The monoisotopic (exact) mass is 378 g/mol. The molecule has 0 aliphatic heterocycles. The molecule has 0 heterocycles. The molecule has 0 atom stereocenters. The van der Waals surface area contributed by atoms with E-state index < -0.39 is 5.60 Å². The third-order valence-electron chi connectivity index (χ3n) is 3.97. The molecule has 0 saturated carbocycles. The van der Waals surface area contributed by atoms with Crippen molar-refractivity contribution in [2.45, 2.75) is 52.1 Å². The molecule has 2 rings (SSSR count). The number of ether oxygens (including phenoxy) is 4. The Labute approximate surface area is 161 Å². The van der Waals surface area contributed by atoms with Gasteiger partial charge in [-0.2, -0.15) is 0 Å². The van der Waals surface area contributed by atoms with Crippen molar-refractivity contribution < 1.29 is 28.5 Å². The van der Waals surface area contributed by atoms with Crippen molar-refractivity contribution in [3.8, 4) is 5.75 Å². The maximum absolute atomic E-state index is 11.8. The van der Waals surface area contributed by atoms with Crippen LogP contribution in [-0.4, -0.2) is 50.4 Å². The van der Waals surface area contributed by atoms with Gasteiger partial charge in [0.1, 0.15) is 18.0 Å². The predicted molar refractivity (Wildman–Crippen MR) is 101 cm³/mol. The molecule has 0 saturated heterocycles. The second-order valence-corrected chi connectivity index (χ2v) is 7.51. The van der Waals surface area contributed by atoms with Crippen molar-refractivity contribution in [2.75, 3.05) is 33.0 Å². The number of Topliss-reactive ketones (excluding diaryl/α,β-unsaturated/α-hetero) is 1. The molecule has 0 bridgehead atoms. The highest BCUT2D eigenvalue weighted by Crippen LogP contribution is 2.25. The van der Waals surface area contributed by atoms with E-state index in [-0.39, 0.29) is 18.2 Å². The predicted octanol–water partition coefficient (Wildman–Crippen LogP) is 3.35. The van der Waals surface area contributed by atoms with Gasteiger partial charge in [-0.15, -0.1) is 0 Å². The highest BCUT2D eigenvalue weighted by atomic mass is 16.6. The van der Waals surface area contributed by atoms with Gasteiger partial charge in [0.2, 0.25) is 0 Å². The summed E-state index contributed by atoms with van der Waals surface area (Å²) in [6, 6.07) is 5.64. The third kappa shape index (κ3) is 8.10. The Morgan fingerprint density at radius 3 is 2.44 bits per heavy atom. The molecule has 0 spiro atoms. The highest BCUT2D eigenvalue weighted by Gasteiger charge is 2.17. The fourth-order valence-corrected chi connectivity index (χ4v) is 2.80. The van der Waals surface area contributed by atoms with Crippen LogP contribution in [0.4, 0.5) is 0 Å². The number of carbonyl (C=O) groups is 2. The van der Waals surface area contributed by atoms with E-state index in [2.05, 4.69) is 0 Å². The van der Waals surface area contributed by atoms with E-state index in [1.807, 2.05) is 39.0 Å². The summed E-state index contributed by atoms with van der Waals surface area (Å²) in [6.45, 7) is 7.58. The fraction of sp³-hybridized carbons (Fsp3) is 0.619. The molecule has 0 unspecified atom stereocenters. The minimum Gasteiger partial charge on any atom is -0.491 e. The molecule has 0 N–H and O–H groups in total. The summed E-state index contributed by atoms with van der Waals surface area (Å²) in [5, 5.41) is 0. The molecule has 0 aromatic heterocycles. The third-order valence-corrected chi connectivity index (χ3v) is 3.97. The second-order valence-electron chi connectivity index (χ2n) is 7.51. The van der Waals surface area contributed by atoms with Gasteiger partial charge < -0.3 is 18.9 Å². The number of hydrogen-bond acceptors (Lipinski definition) is 6. The number of ketones is 1. The molecular weight excluding hydrogens is 348 g/mol. The van der Waals surface area contributed by atoms with Gasteiger partial charge in [0, 0.05) is 12.0 Å². The molecule has 150 valence electrons. The van der Waals surface area contributed by atoms with Crippen LogP contribution >= 0.6 is 0 Å². The summed E-state index contributed by atoms with van der Waals surface area (Å²) in [7, 11) is 0. The quantitative estimate of drug-likeness (QED) is 0.459. The van der Waals surface area contributed by atoms with Crippen molar-refractivity contribution in [3.05, 3.63) is 29.3 Å². The Bertz CT molecular complexity index is 632. The Morgan fingerprint density at radius 2 is 1.70 bits per heavy atom. The molecule has 0 fully saturated rings. The summed E-state index contributed by atoms with van der Waals surface area (Å²) < 4.78 is 21.7. The SMILES string of the molecule is CC(C)(C)OC(=O)CCOCCOCCOc1ccc2c(c1)CCCC2=O. The number of carbonyl (C=O) groups excluding carboxylic acids is 2. The number of rotatable bonds is 10. The minimum atomic E-state index is -0.465. The first-order chi connectivity index (χ1) is 12.8. The lowest BCUT2D eigenvalue weighted by Gasteiger charge is -2.19. The van der Waals surface area contributed by atoms with Gasteiger partial charge in [0.25, 0.3) is 0 Å². The van der Waals surface area contributed by atoms with Crippen LogP contribution in [0.25, 0.3) is 0 Å². The van der Waals surface area contributed by atoms with Crippen molar-refractivity contribution in [2.24, 2.45) is 0 Å². The van der Waals surface area contributed by atoms with Crippen molar-refractivity contribution in [3.63, 3.8) is 0 Å². The van der Waals surface area contributed by atoms with Crippen LogP contribution in [-0.2, 0) is 25.4 Å². The lowest BCUT2D eigenvalue weighted by Crippen LogP contribution is -2.24. The topological polar surface area (TPSA) is 71.1 Å². The first-order valence-corrected chi connectivity index (χ1v) is 9.51. The summed E-state index contributed by atoms with van der Waals surface area (Å²) in [6.07, 6.45) is 2.71. The molecule has 6 heteroatoms. The zero-order valence-electron chi connectivity index (χ0n) is 16.5. The highest BCUT2D eigenvalue weighted by molar-refractivity contribution is 5.98. The fourth-order valence-electron chi connectivity index (χ4n) is 2.80. The molecule has 0 amide bonds. The van der Waals surface area contributed by atoms with Crippen LogP contribution in [0.3, 0.4) is 0 Å². The normalized spacial score (nSPS) is 14.0. The van der Waals surface area contributed by atoms with Gasteiger partial charge in [-0.3, -0.25) is 9.59 Å². The summed E-state index contributed by atoms with van der Waals surface area (Å²) >= 11 is 0. The largest absolute Gasteiger partial charge is 0.491 e. The van der Waals surface area contributed by atoms with Crippen LogP contribution in [0.2, 0.25) is 0 Å². The lowest BCUT2D eigenvalue weighted by atomic mass is 9.91. The van der Waals surface area contributed by atoms with Gasteiger partial charge in [0.15, 0.2) is 5.78 Å². The summed E-state index contributed by atoms with van der Waals surface area (Å²) in [5.41, 5.74) is 1.43. The molecule has 1 aliphatic rings. The Hall–Kier alpha value is -1.92. The number of fused-ring (bicyclic) bond motifs is 1. The zero-order valence-corrected chi connectivity index (χ0v) is 16.5. The first kappa shape index (κ1) is 21.4. The van der Waals surface area contributed by atoms with Crippen LogP contribution in [0.5, 0.6) is 5.75 Å². The standard InChI is InChI=1S/C21H30O6/c1-21(2,3)27-20(23)9-10-24-11-12-25-13-14-26-17-7-8-18-16(15-17)5-4-6-19(18)22/h7-8,15H,4-6,9-14H2,1-3H3. The van der Waals surface area contributed by atoms with Gasteiger partial charge in [0.05, 0.1) is 32.8 Å². The molecule has 1 aromatic rings. The average Bonchev–Trinajstić information content (AvgIpc) is 2.59. The van der Waals surface area contributed by atoms with E-state index in [9.17, 15) is 9.59 Å². The molecule has 1 aromatic carbocycles. The lowest BCUT2D eigenvalue weighted by molar-refractivity contribution is -0.156. The number of hydrogen-bond donors (Lipinski definition) is 0. The van der Waals surface area contributed by atoms with Crippen LogP contribution in [0.1, 0.15) is 56.0 Å². The van der Waals surface area contributed by atoms with Crippen molar-refractivity contribution in [1.29, 1.82) is 0 Å². The van der Waals surface area contributed by atoms with E-state index >= 15 is 0 Å². The number of benzene rings is 1. The Morgan fingerprint density at radius 1 is 1.00 bits per heavy atom. The molecule has 1 aliphatic carbocycles. The Kier molecular flexibility index (Phi) is 8.25. The van der Waals surface area contributed by atoms with E-state index in [0.29, 0.717) is 39.5 Å². The molecule has 6 nitrogen and oxygen atoms in total. The number of esters is 1. The summed E-state index contributed by atoms with van der Waals surface area (Å²) in [4.78, 5) is 23.3. The van der Waals surface area contributed by atoms with E-state index in [1.54, 1.807) is 0 Å². The first-order valence-electron chi connectivity index (χ1n) is 9.51. The maximum Gasteiger partial charge on any atom is 0.308 e. The van der Waals surface area contributed by atoms with Crippen LogP contribution < -0.4 is 4.74 Å². The van der Waals surface area contributed by atoms with Crippen molar-refractivity contribution >= 4 is 11.8 Å². The second kappa shape index (κ2) is 10.4. The van der Waals surface area contributed by atoms with Gasteiger partial charge in [-0.25, -0.2) is 0 Å².